The van der Waals surface area contributed by atoms with Crippen molar-refractivity contribution in [2.75, 3.05) is 38.5 Å². The van der Waals surface area contributed by atoms with E-state index in [1.54, 1.807) is 30.7 Å². The van der Waals surface area contributed by atoms with Gasteiger partial charge in [-0.15, -0.1) is 0 Å². The average molecular weight is 619 g/mol. The van der Waals surface area contributed by atoms with E-state index in [0.29, 0.717) is 24.5 Å². The Bertz CT molecular complexity index is 1720. The van der Waals surface area contributed by atoms with Gasteiger partial charge in [0.2, 0.25) is 5.95 Å². The lowest BCUT2D eigenvalue weighted by Gasteiger charge is -2.34. The number of halogens is 3. The molecule has 4 N–H and O–H groups in total. The number of hydrogen-bond donors (Lipinski definition) is 3. The summed E-state index contributed by atoms with van der Waals surface area (Å²) in [5.74, 6) is -1.71. The van der Waals surface area contributed by atoms with E-state index in [4.69, 9.17) is 10.7 Å². The number of hydrogen-bond acceptors (Lipinski definition) is 9. The summed E-state index contributed by atoms with van der Waals surface area (Å²) in [6, 6.07) is 11.3. The number of nitrogens with zero attached hydrogens (tertiary/aromatic N) is 8. The first-order valence-corrected chi connectivity index (χ1v) is 14.6. The summed E-state index contributed by atoms with van der Waals surface area (Å²) in [7, 11) is 0. The van der Waals surface area contributed by atoms with Gasteiger partial charge in [-0.3, -0.25) is 0 Å². The molecule has 0 saturated carbocycles. The maximum atomic E-state index is 14.7. The zero-order valence-electron chi connectivity index (χ0n) is 24.4. The van der Waals surface area contributed by atoms with E-state index < -0.39 is 17.2 Å². The van der Waals surface area contributed by atoms with Crippen LogP contribution in [-0.2, 0) is 12.1 Å². The highest BCUT2D eigenvalue weighted by molar-refractivity contribution is 5.77. The number of rotatable bonds is 11. The molecular weight excluding hydrogens is 585 g/mol. The van der Waals surface area contributed by atoms with Gasteiger partial charge in [0, 0.05) is 62.2 Å². The minimum atomic E-state index is -1.68. The van der Waals surface area contributed by atoms with Crippen molar-refractivity contribution in [3.05, 3.63) is 96.7 Å². The van der Waals surface area contributed by atoms with Crippen LogP contribution in [0.4, 0.5) is 19.1 Å². The number of benzene rings is 2. The van der Waals surface area contributed by atoms with Crippen LogP contribution in [0.2, 0.25) is 0 Å². The number of imidazole rings is 1. The normalized spacial score (nSPS) is 15.7. The van der Waals surface area contributed by atoms with Crippen molar-refractivity contribution in [3.63, 3.8) is 0 Å². The highest BCUT2D eigenvalue weighted by Gasteiger charge is 2.33. The lowest BCUT2D eigenvalue weighted by Crippen LogP contribution is -2.45. The van der Waals surface area contributed by atoms with E-state index in [1.807, 2.05) is 0 Å². The molecule has 6 rings (SSSR count). The standard InChI is InChI=1S/C31H33F3N10O/c32-22-3-1-21(2-4-22)28-29(27-7-10-38-30(35)41-27)44(20-39-28)24-8-12-42(13-9-24)14-11-36-16-31(45,17-43-19-37-18-40-43)25-6-5-23(33)15-26(25)34/h1-7,10,15,18-20,24,36,45H,8-9,11-14,16-17H2,(H2,35,38,41). The van der Waals surface area contributed by atoms with E-state index in [9.17, 15) is 18.3 Å². The third-order valence-corrected chi connectivity index (χ3v) is 8.12. The van der Waals surface area contributed by atoms with Crippen LogP contribution in [0.25, 0.3) is 22.6 Å². The first kappa shape index (κ1) is 30.4. The molecule has 0 aliphatic carbocycles. The van der Waals surface area contributed by atoms with Gasteiger partial charge in [0.05, 0.1) is 30.0 Å². The Morgan fingerprint density at radius 1 is 0.978 bits per heavy atom. The van der Waals surface area contributed by atoms with Crippen LogP contribution in [0.5, 0.6) is 0 Å². The second-order valence-corrected chi connectivity index (χ2v) is 11.2. The summed E-state index contributed by atoms with van der Waals surface area (Å²) < 4.78 is 45.5. The second-order valence-electron chi connectivity index (χ2n) is 11.2. The van der Waals surface area contributed by atoms with Gasteiger partial charge in [-0.25, -0.2) is 37.8 Å². The minimum Gasteiger partial charge on any atom is -0.382 e. The van der Waals surface area contributed by atoms with Gasteiger partial charge in [0.15, 0.2) is 0 Å². The number of likely N-dealkylation sites (tertiary alicyclic amines) is 1. The highest BCUT2D eigenvalue weighted by Crippen LogP contribution is 2.35. The Labute approximate surface area is 257 Å². The molecule has 1 saturated heterocycles. The Balaban J connectivity index is 1.10. The summed E-state index contributed by atoms with van der Waals surface area (Å²) in [6.45, 7) is 2.85. The second kappa shape index (κ2) is 13.1. The molecule has 1 aliphatic rings. The van der Waals surface area contributed by atoms with Crippen LogP contribution < -0.4 is 11.1 Å². The molecule has 1 aliphatic heterocycles. The molecule has 5 aromatic rings. The lowest BCUT2D eigenvalue weighted by molar-refractivity contribution is 0.0115. The minimum absolute atomic E-state index is 0.0192. The molecule has 3 aromatic heterocycles. The number of nitrogen functional groups attached to an aromatic ring is 1. The molecule has 14 heteroatoms. The molecule has 11 nitrogen and oxygen atoms in total. The van der Waals surface area contributed by atoms with Crippen molar-refractivity contribution in [1.29, 1.82) is 0 Å². The average Bonchev–Trinajstić information content (AvgIpc) is 3.70. The molecule has 0 amide bonds. The van der Waals surface area contributed by atoms with Crippen LogP contribution in [0, 0.1) is 17.5 Å². The third kappa shape index (κ3) is 6.87. The summed E-state index contributed by atoms with van der Waals surface area (Å²) in [4.78, 5) is 19.4. The maximum Gasteiger partial charge on any atom is 0.220 e. The molecule has 0 radical (unpaired) electrons. The Morgan fingerprint density at radius 3 is 2.47 bits per heavy atom. The van der Waals surface area contributed by atoms with Gasteiger partial charge in [-0.2, -0.15) is 5.10 Å². The van der Waals surface area contributed by atoms with Gasteiger partial charge in [0.25, 0.3) is 0 Å². The van der Waals surface area contributed by atoms with Crippen LogP contribution in [0.15, 0.2) is 73.7 Å². The van der Waals surface area contributed by atoms with Gasteiger partial charge < -0.3 is 25.6 Å². The van der Waals surface area contributed by atoms with E-state index in [-0.39, 0.29) is 36.5 Å². The van der Waals surface area contributed by atoms with Crippen molar-refractivity contribution < 1.29 is 18.3 Å². The molecule has 0 spiro atoms. The molecule has 1 unspecified atom stereocenters. The van der Waals surface area contributed by atoms with Crippen LogP contribution in [-0.4, -0.2) is 77.0 Å². The lowest BCUT2D eigenvalue weighted by atomic mass is 9.93. The molecule has 0 bridgehead atoms. The quantitative estimate of drug-likeness (QED) is 0.190. The molecule has 234 valence electrons. The zero-order chi connectivity index (χ0) is 31.4. The fourth-order valence-corrected chi connectivity index (χ4v) is 5.86. The Kier molecular flexibility index (Phi) is 8.87. The predicted molar refractivity (Wildman–Crippen MR) is 161 cm³/mol. The number of nitrogens with one attached hydrogen (secondary N) is 1. The van der Waals surface area contributed by atoms with Crippen LogP contribution in [0.1, 0.15) is 24.4 Å². The smallest absolute Gasteiger partial charge is 0.220 e. The monoisotopic (exact) mass is 618 g/mol. The maximum absolute atomic E-state index is 14.7. The molecule has 2 aromatic carbocycles. The van der Waals surface area contributed by atoms with Crippen molar-refractivity contribution in [1.82, 2.24) is 44.5 Å². The van der Waals surface area contributed by atoms with E-state index in [1.165, 1.54) is 35.5 Å². The largest absolute Gasteiger partial charge is 0.382 e. The third-order valence-electron chi connectivity index (χ3n) is 8.12. The van der Waals surface area contributed by atoms with Crippen molar-refractivity contribution in [2.45, 2.75) is 31.0 Å². The summed E-state index contributed by atoms with van der Waals surface area (Å²) in [5, 5.41) is 18.8. The predicted octanol–water partition coefficient (Wildman–Crippen LogP) is 3.41. The number of aromatic nitrogens is 7. The topological polar surface area (TPSA) is 136 Å². The highest BCUT2D eigenvalue weighted by atomic mass is 19.1. The Morgan fingerprint density at radius 2 is 1.76 bits per heavy atom. The summed E-state index contributed by atoms with van der Waals surface area (Å²) in [5.41, 5.74) is 7.12. The van der Waals surface area contributed by atoms with Crippen LogP contribution >= 0.6 is 0 Å². The summed E-state index contributed by atoms with van der Waals surface area (Å²) >= 11 is 0. The van der Waals surface area contributed by atoms with Crippen molar-refractivity contribution in [2.24, 2.45) is 0 Å². The SMILES string of the molecule is Nc1nccc(-c2c(-c3ccc(F)cc3)ncn2C2CCN(CCNCC(O)(Cn3cncn3)c3ccc(F)cc3F)CC2)n1. The number of piperidine rings is 1. The fourth-order valence-electron chi connectivity index (χ4n) is 5.86. The zero-order valence-corrected chi connectivity index (χ0v) is 24.4. The molecule has 1 atom stereocenters. The Hall–Kier alpha value is -4.66. The van der Waals surface area contributed by atoms with Gasteiger partial charge >= 0.3 is 0 Å². The molecule has 1 fully saturated rings. The van der Waals surface area contributed by atoms with E-state index in [2.05, 4.69) is 34.8 Å². The number of anilines is 1. The first-order chi connectivity index (χ1) is 21.8. The van der Waals surface area contributed by atoms with Gasteiger partial charge in [0.1, 0.15) is 35.7 Å². The van der Waals surface area contributed by atoms with E-state index in [0.717, 1.165) is 49.3 Å². The summed E-state index contributed by atoms with van der Waals surface area (Å²) in [6.07, 6.45) is 7.88. The first-order valence-electron chi connectivity index (χ1n) is 14.6. The van der Waals surface area contributed by atoms with Crippen molar-refractivity contribution in [3.8, 4) is 22.6 Å². The molecule has 4 heterocycles. The van der Waals surface area contributed by atoms with Gasteiger partial charge in [-0.05, 0) is 49.2 Å². The van der Waals surface area contributed by atoms with Gasteiger partial charge in [-0.1, -0.05) is 6.07 Å². The van der Waals surface area contributed by atoms with Crippen LogP contribution in [0.3, 0.4) is 0 Å². The fraction of sp³-hybridized carbons (Fsp3) is 0.323. The number of aliphatic hydroxyl groups is 1. The molecule has 45 heavy (non-hydrogen) atoms. The van der Waals surface area contributed by atoms with E-state index >= 15 is 0 Å². The number of nitrogens with two attached hydrogens (primary N) is 1. The molecular formula is C31H33F3N10O. The van der Waals surface area contributed by atoms with Crippen molar-refractivity contribution >= 4 is 5.95 Å².